The van der Waals surface area contributed by atoms with Crippen molar-refractivity contribution < 1.29 is 19.1 Å². The van der Waals surface area contributed by atoms with E-state index in [0.29, 0.717) is 30.3 Å². The molecule has 0 aliphatic carbocycles. The average molecular weight is 335 g/mol. The number of methoxy groups -OCH3 is 2. The minimum Gasteiger partial charge on any atom is -0.497 e. The van der Waals surface area contributed by atoms with Gasteiger partial charge in [-0.05, 0) is 13.8 Å². The summed E-state index contributed by atoms with van der Waals surface area (Å²) in [5.41, 5.74) is 5.81. The third-order valence-corrected chi connectivity index (χ3v) is 4.12. The van der Waals surface area contributed by atoms with E-state index >= 15 is 0 Å². The molecular weight excluding hydrogens is 310 g/mol. The van der Waals surface area contributed by atoms with E-state index in [2.05, 4.69) is 5.32 Å². The highest BCUT2D eigenvalue weighted by molar-refractivity contribution is 6.00. The lowest BCUT2D eigenvalue weighted by Crippen LogP contribution is -2.51. The van der Waals surface area contributed by atoms with Gasteiger partial charge in [0.15, 0.2) is 0 Å². The maximum Gasteiger partial charge on any atom is 0.227 e. The van der Waals surface area contributed by atoms with Crippen LogP contribution < -0.4 is 25.4 Å². The zero-order valence-corrected chi connectivity index (χ0v) is 14.6. The van der Waals surface area contributed by atoms with Crippen LogP contribution in [0.1, 0.15) is 20.3 Å². The SMILES string of the molecule is COc1cc(OC)cc(N2CC(C(=O)NC(C)(C)CN)CC2=O)c1. The summed E-state index contributed by atoms with van der Waals surface area (Å²) in [7, 11) is 3.10. The third kappa shape index (κ3) is 3.97. The number of amides is 2. The first-order chi connectivity index (χ1) is 11.3. The molecule has 132 valence electrons. The van der Waals surface area contributed by atoms with Crippen LogP contribution in [0.15, 0.2) is 18.2 Å². The van der Waals surface area contributed by atoms with E-state index in [0.717, 1.165) is 0 Å². The number of rotatable bonds is 6. The summed E-state index contributed by atoms with van der Waals surface area (Å²) in [6.45, 7) is 4.36. The van der Waals surface area contributed by atoms with E-state index in [9.17, 15) is 9.59 Å². The monoisotopic (exact) mass is 335 g/mol. The maximum atomic E-state index is 12.4. The van der Waals surface area contributed by atoms with Crippen molar-refractivity contribution in [1.29, 1.82) is 0 Å². The molecular formula is C17H25N3O4. The minimum atomic E-state index is -0.493. The Bertz CT molecular complexity index is 608. The fraction of sp³-hybridized carbons (Fsp3) is 0.529. The Hall–Kier alpha value is -2.28. The van der Waals surface area contributed by atoms with E-state index in [1.54, 1.807) is 37.3 Å². The van der Waals surface area contributed by atoms with Crippen molar-refractivity contribution in [3.05, 3.63) is 18.2 Å². The Labute approximate surface area is 142 Å². The molecule has 1 unspecified atom stereocenters. The van der Waals surface area contributed by atoms with Crippen molar-refractivity contribution in [1.82, 2.24) is 5.32 Å². The lowest BCUT2D eigenvalue weighted by atomic mass is 10.0. The van der Waals surface area contributed by atoms with Gasteiger partial charge in [0.1, 0.15) is 11.5 Å². The number of nitrogens with two attached hydrogens (primary N) is 1. The van der Waals surface area contributed by atoms with Gasteiger partial charge in [-0.1, -0.05) is 0 Å². The number of hydrogen-bond acceptors (Lipinski definition) is 5. The van der Waals surface area contributed by atoms with Crippen LogP contribution in [0.5, 0.6) is 11.5 Å². The van der Waals surface area contributed by atoms with Crippen LogP contribution >= 0.6 is 0 Å². The molecule has 0 radical (unpaired) electrons. The Morgan fingerprint density at radius 3 is 2.38 bits per heavy atom. The standard InChI is InChI=1S/C17H25N3O4/c1-17(2,10-18)19-16(22)11-5-15(21)20(9-11)12-6-13(23-3)8-14(7-12)24-4/h6-8,11H,5,9-10,18H2,1-4H3,(H,19,22). The third-order valence-electron chi connectivity index (χ3n) is 4.12. The number of carbonyl (C=O) groups excluding carboxylic acids is 2. The van der Waals surface area contributed by atoms with E-state index in [1.165, 1.54) is 0 Å². The molecule has 3 N–H and O–H groups in total. The fourth-order valence-corrected chi connectivity index (χ4v) is 2.57. The largest absolute Gasteiger partial charge is 0.497 e. The first kappa shape index (κ1) is 18.1. The van der Waals surface area contributed by atoms with Crippen LogP contribution in [0.3, 0.4) is 0 Å². The van der Waals surface area contributed by atoms with Crippen LogP contribution in [0.2, 0.25) is 0 Å². The van der Waals surface area contributed by atoms with Crippen molar-refractivity contribution in [3.63, 3.8) is 0 Å². The molecule has 1 atom stereocenters. The predicted molar refractivity (Wildman–Crippen MR) is 91.3 cm³/mol. The van der Waals surface area contributed by atoms with Gasteiger partial charge in [-0.2, -0.15) is 0 Å². The molecule has 1 fully saturated rings. The van der Waals surface area contributed by atoms with Crippen molar-refractivity contribution in [2.24, 2.45) is 11.7 Å². The smallest absolute Gasteiger partial charge is 0.227 e. The highest BCUT2D eigenvalue weighted by Gasteiger charge is 2.37. The summed E-state index contributed by atoms with van der Waals surface area (Å²) in [6, 6.07) is 5.24. The quantitative estimate of drug-likeness (QED) is 0.806. The molecule has 0 saturated carbocycles. The lowest BCUT2D eigenvalue weighted by molar-refractivity contribution is -0.127. The van der Waals surface area contributed by atoms with Crippen molar-refractivity contribution >= 4 is 17.5 Å². The van der Waals surface area contributed by atoms with Gasteiger partial charge in [-0.15, -0.1) is 0 Å². The average Bonchev–Trinajstić information content (AvgIpc) is 2.96. The van der Waals surface area contributed by atoms with E-state index < -0.39 is 11.5 Å². The first-order valence-corrected chi connectivity index (χ1v) is 7.85. The van der Waals surface area contributed by atoms with E-state index in [4.69, 9.17) is 15.2 Å². The second kappa shape index (κ2) is 7.09. The molecule has 2 amide bonds. The molecule has 7 nitrogen and oxygen atoms in total. The van der Waals surface area contributed by atoms with Gasteiger partial charge in [0.05, 0.1) is 25.8 Å². The van der Waals surface area contributed by atoms with Gasteiger partial charge in [0.2, 0.25) is 11.8 Å². The van der Waals surface area contributed by atoms with E-state index in [-0.39, 0.29) is 18.2 Å². The molecule has 1 aliphatic rings. The van der Waals surface area contributed by atoms with Gasteiger partial charge in [-0.25, -0.2) is 0 Å². The van der Waals surface area contributed by atoms with Crippen LogP contribution in [0, 0.1) is 5.92 Å². The van der Waals surface area contributed by atoms with Gasteiger partial charge in [0, 0.05) is 43.2 Å². The van der Waals surface area contributed by atoms with Crippen LogP contribution in [0.25, 0.3) is 0 Å². The number of nitrogens with zero attached hydrogens (tertiary/aromatic N) is 1. The van der Waals surface area contributed by atoms with Gasteiger partial charge in [0.25, 0.3) is 0 Å². The Morgan fingerprint density at radius 2 is 1.88 bits per heavy atom. The zero-order chi connectivity index (χ0) is 17.9. The van der Waals surface area contributed by atoms with Crippen LogP contribution in [-0.2, 0) is 9.59 Å². The van der Waals surface area contributed by atoms with Crippen LogP contribution in [-0.4, -0.2) is 44.7 Å². The number of carbonyl (C=O) groups is 2. The summed E-state index contributed by atoms with van der Waals surface area (Å²) in [5.74, 6) is 0.524. The minimum absolute atomic E-state index is 0.101. The molecule has 24 heavy (non-hydrogen) atoms. The van der Waals surface area contributed by atoms with Crippen molar-refractivity contribution in [2.45, 2.75) is 25.8 Å². The topological polar surface area (TPSA) is 93.9 Å². The number of ether oxygens (including phenoxy) is 2. The van der Waals surface area contributed by atoms with Crippen molar-refractivity contribution in [2.75, 3.05) is 32.2 Å². The molecule has 0 spiro atoms. The molecule has 1 aromatic carbocycles. The summed E-state index contributed by atoms with van der Waals surface area (Å²) in [6.07, 6.45) is 0.173. The summed E-state index contributed by atoms with van der Waals surface area (Å²) >= 11 is 0. The molecule has 7 heteroatoms. The Morgan fingerprint density at radius 1 is 1.29 bits per heavy atom. The summed E-state index contributed by atoms with van der Waals surface area (Å²) in [5, 5.41) is 2.89. The summed E-state index contributed by atoms with van der Waals surface area (Å²) < 4.78 is 10.5. The first-order valence-electron chi connectivity index (χ1n) is 7.85. The molecule has 1 heterocycles. The van der Waals surface area contributed by atoms with E-state index in [1.807, 2.05) is 13.8 Å². The zero-order valence-electron chi connectivity index (χ0n) is 14.6. The Kier molecular flexibility index (Phi) is 5.33. The number of hydrogen-bond donors (Lipinski definition) is 2. The van der Waals surface area contributed by atoms with Crippen LogP contribution in [0.4, 0.5) is 5.69 Å². The van der Waals surface area contributed by atoms with Gasteiger partial charge in [-0.3, -0.25) is 9.59 Å². The second-order valence-electron chi connectivity index (χ2n) is 6.55. The molecule has 0 aromatic heterocycles. The normalized spacial score (nSPS) is 17.8. The van der Waals surface area contributed by atoms with Gasteiger partial charge >= 0.3 is 0 Å². The lowest BCUT2D eigenvalue weighted by Gasteiger charge is -2.26. The molecule has 1 aromatic rings. The molecule has 2 rings (SSSR count). The maximum absolute atomic E-state index is 12.4. The van der Waals surface area contributed by atoms with Crippen molar-refractivity contribution in [3.8, 4) is 11.5 Å². The second-order valence-corrected chi connectivity index (χ2v) is 6.55. The summed E-state index contributed by atoms with van der Waals surface area (Å²) in [4.78, 5) is 26.3. The predicted octanol–water partition coefficient (Wildman–Crippen LogP) is 0.910. The number of benzene rings is 1. The molecule has 0 bridgehead atoms. The molecule has 1 aliphatic heterocycles. The van der Waals surface area contributed by atoms with Gasteiger partial charge < -0.3 is 25.4 Å². The number of nitrogens with one attached hydrogen (secondary N) is 1. The molecule has 1 saturated heterocycles. The Balaban J connectivity index is 2.17. The highest BCUT2D eigenvalue weighted by atomic mass is 16.5. The fourth-order valence-electron chi connectivity index (χ4n) is 2.57. The number of anilines is 1. The highest BCUT2D eigenvalue weighted by Crippen LogP contribution is 2.32.